The zero-order valence-electron chi connectivity index (χ0n) is 17.7. The monoisotopic (exact) mass is 392 g/mol. The summed E-state index contributed by atoms with van der Waals surface area (Å²) in [6.07, 6.45) is 10.7. The number of piperidine rings is 1. The van der Waals surface area contributed by atoms with Crippen LogP contribution in [-0.2, 0) is 11.3 Å². The number of carbonyl (C=O) groups is 1. The van der Waals surface area contributed by atoms with Crippen molar-refractivity contribution in [1.29, 1.82) is 5.26 Å². The highest BCUT2D eigenvalue weighted by molar-refractivity contribution is 5.85. The molecule has 2 aromatic rings. The summed E-state index contributed by atoms with van der Waals surface area (Å²) in [5.41, 5.74) is 2.75. The summed E-state index contributed by atoms with van der Waals surface area (Å²) in [6, 6.07) is 10.5. The van der Waals surface area contributed by atoms with Crippen LogP contribution in [0.25, 0.3) is 11.3 Å². The number of hydrogen-bond donors (Lipinski definition) is 0. The van der Waals surface area contributed by atoms with Crippen molar-refractivity contribution in [2.45, 2.75) is 58.9 Å². The maximum atomic E-state index is 12.6. The fourth-order valence-electron chi connectivity index (χ4n) is 4.31. The molecule has 5 nitrogen and oxygen atoms in total. The van der Waals surface area contributed by atoms with Crippen molar-refractivity contribution >= 4 is 5.91 Å². The summed E-state index contributed by atoms with van der Waals surface area (Å²) in [4.78, 5) is 19.0. The maximum absolute atomic E-state index is 12.6. The molecule has 0 spiro atoms. The Hall–Kier alpha value is -2.61. The number of imidazole rings is 1. The molecule has 154 valence electrons. The van der Waals surface area contributed by atoms with Crippen molar-refractivity contribution < 1.29 is 4.79 Å². The summed E-state index contributed by atoms with van der Waals surface area (Å²) >= 11 is 0. The molecule has 0 unspecified atom stereocenters. The van der Waals surface area contributed by atoms with Gasteiger partial charge in [-0.3, -0.25) is 4.79 Å². The Bertz CT molecular complexity index is 827. The predicted molar refractivity (Wildman–Crippen MR) is 115 cm³/mol. The summed E-state index contributed by atoms with van der Waals surface area (Å²) in [6.45, 7) is 10.9. The van der Waals surface area contributed by atoms with Crippen LogP contribution in [0.1, 0.15) is 52.4 Å². The summed E-state index contributed by atoms with van der Waals surface area (Å²) in [5, 5.41) is 6.50. The molecule has 0 atom stereocenters. The second-order valence-corrected chi connectivity index (χ2v) is 9.11. The Balaban J connectivity index is 0.00000117. The Morgan fingerprint density at radius 3 is 2.38 bits per heavy atom. The molecular weight excluding hydrogens is 360 g/mol. The van der Waals surface area contributed by atoms with Gasteiger partial charge in [-0.05, 0) is 49.5 Å². The van der Waals surface area contributed by atoms with Crippen molar-refractivity contribution in [2.24, 2.45) is 10.8 Å². The first-order valence-corrected chi connectivity index (χ1v) is 10.6. The smallest absolute Gasteiger partial charge is 0.228 e. The van der Waals surface area contributed by atoms with Gasteiger partial charge in [0.2, 0.25) is 5.91 Å². The lowest BCUT2D eigenvalue weighted by molar-refractivity contribution is -0.138. The Morgan fingerprint density at radius 2 is 1.76 bits per heavy atom. The van der Waals surface area contributed by atoms with Crippen LogP contribution in [-0.4, -0.2) is 33.4 Å². The van der Waals surface area contributed by atoms with E-state index in [2.05, 4.69) is 59.1 Å². The van der Waals surface area contributed by atoms with Crippen molar-refractivity contribution in [3.8, 4) is 17.8 Å². The van der Waals surface area contributed by atoms with Crippen molar-refractivity contribution in [3.63, 3.8) is 0 Å². The number of aromatic nitrogens is 2. The van der Waals surface area contributed by atoms with E-state index in [4.69, 9.17) is 5.26 Å². The second-order valence-electron chi connectivity index (χ2n) is 9.11. The van der Waals surface area contributed by atoms with E-state index in [9.17, 15) is 4.79 Å². The lowest BCUT2D eigenvalue weighted by Gasteiger charge is -2.40. The Labute approximate surface area is 174 Å². The third-order valence-electron chi connectivity index (χ3n) is 6.74. The highest BCUT2D eigenvalue weighted by atomic mass is 16.2. The van der Waals surface area contributed by atoms with E-state index in [1.807, 2.05) is 18.6 Å². The third kappa shape index (κ3) is 4.87. The molecule has 0 radical (unpaired) electrons. The van der Waals surface area contributed by atoms with Gasteiger partial charge in [0.05, 0.1) is 18.2 Å². The largest absolute Gasteiger partial charge is 0.342 e. The number of rotatable bonds is 6. The van der Waals surface area contributed by atoms with Gasteiger partial charge in [-0.25, -0.2) is 10.2 Å². The minimum absolute atomic E-state index is 0.0248. The highest BCUT2D eigenvalue weighted by Crippen LogP contribution is 2.47. The zero-order valence-corrected chi connectivity index (χ0v) is 17.7. The van der Waals surface area contributed by atoms with Gasteiger partial charge >= 0.3 is 0 Å². The van der Waals surface area contributed by atoms with Crippen LogP contribution in [0.2, 0.25) is 0 Å². The van der Waals surface area contributed by atoms with E-state index in [0.717, 1.165) is 51.7 Å². The molecule has 1 aromatic carbocycles. The molecule has 5 heteroatoms. The van der Waals surface area contributed by atoms with Crippen LogP contribution in [0.4, 0.5) is 0 Å². The SMILES string of the molecule is C#N.CC1(CCCn2cncc2-c2ccccc2)CCN(C(=O)C2(C)CC2)CC1. The Morgan fingerprint density at radius 1 is 1.10 bits per heavy atom. The molecular formula is C24H32N4O. The van der Waals surface area contributed by atoms with Gasteiger partial charge in [0.1, 0.15) is 0 Å². The van der Waals surface area contributed by atoms with Gasteiger partial charge in [0.25, 0.3) is 0 Å². The van der Waals surface area contributed by atoms with Crippen LogP contribution in [0.3, 0.4) is 0 Å². The number of hydrogen-bond acceptors (Lipinski definition) is 3. The lowest BCUT2D eigenvalue weighted by atomic mass is 9.76. The molecule has 0 bridgehead atoms. The zero-order chi connectivity index (χ0) is 20.9. The van der Waals surface area contributed by atoms with Gasteiger partial charge in [-0.15, -0.1) is 0 Å². The molecule has 1 saturated carbocycles. The average Bonchev–Trinajstić information content (AvgIpc) is 3.34. The van der Waals surface area contributed by atoms with E-state index in [0.29, 0.717) is 11.3 Å². The number of amides is 1. The normalized spacial score (nSPS) is 19.1. The van der Waals surface area contributed by atoms with E-state index < -0.39 is 0 Å². The first kappa shape index (κ1) is 21.1. The first-order valence-electron chi connectivity index (χ1n) is 10.6. The molecule has 29 heavy (non-hydrogen) atoms. The molecule has 1 amide bonds. The van der Waals surface area contributed by atoms with E-state index in [-0.39, 0.29) is 5.41 Å². The molecule has 1 aliphatic carbocycles. The fraction of sp³-hybridized carbons (Fsp3) is 0.542. The van der Waals surface area contributed by atoms with E-state index in [1.165, 1.54) is 17.7 Å². The summed E-state index contributed by atoms with van der Waals surface area (Å²) in [7, 11) is 0. The van der Waals surface area contributed by atoms with Gasteiger partial charge in [-0.1, -0.05) is 44.2 Å². The quantitative estimate of drug-likeness (QED) is 0.702. The number of carbonyl (C=O) groups excluding carboxylic acids is 1. The van der Waals surface area contributed by atoms with Gasteiger partial charge in [0, 0.05) is 31.6 Å². The van der Waals surface area contributed by atoms with Crippen LogP contribution in [0, 0.1) is 22.7 Å². The number of nitriles is 1. The summed E-state index contributed by atoms with van der Waals surface area (Å²) < 4.78 is 2.27. The molecule has 1 saturated heterocycles. The molecule has 1 aromatic heterocycles. The first-order chi connectivity index (χ1) is 14.0. The number of aryl methyl sites for hydroxylation is 1. The minimum Gasteiger partial charge on any atom is -0.342 e. The van der Waals surface area contributed by atoms with Crippen LogP contribution in [0.15, 0.2) is 42.9 Å². The summed E-state index contributed by atoms with van der Waals surface area (Å²) in [5.74, 6) is 0.399. The van der Waals surface area contributed by atoms with E-state index in [1.54, 1.807) is 0 Å². The van der Waals surface area contributed by atoms with Crippen molar-refractivity contribution in [1.82, 2.24) is 14.5 Å². The third-order valence-corrected chi connectivity index (χ3v) is 6.74. The second kappa shape index (κ2) is 8.82. The molecule has 2 heterocycles. The minimum atomic E-state index is -0.0248. The van der Waals surface area contributed by atoms with E-state index >= 15 is 0 Å². The molecule has 2 aliphatic rings. The number of benzene rings is 1. The molecule has 4 rings (SSSR count). The molecule has 1 aliphatic heterocycles. The standard InChI is InChI=1S/C23H31N3O.CHN/c1-22(12-15-25(16-13-22)21(27)23(2)10-11-23)9-6-14-26-18-24-17-20(26)19-7-4-3-5-8-19;1-2/h3-5,7-8,17-18H,6,9-16H2,1-2H3;1H. The predicted octanol–water partition coefficient (Wildman–Crippen LogP) is 4.90. The number of likely N-dealkylation sites (tertiary alicyclic amines) is 1. The van der Waals surface area contributed by atoms with Gasteiger partial charge < -0.3 is 9.47 Å². The van der Waals surface area contributed by atoms with Crippen molar-refractivity contribution in [2.75, 3.05) is 13.1 Å². The molecule has 0 N–H and O–H groups in total. The van der Waals surface area contributed by atoms with Crippen LogP contribution >= 0.6 is 0 Å². The van der Waals surface area contributed by atoms with Gasteiger partial charge in [0.15, 0.2) is 0 Å². The molecule has 2 fully saturated rings. The van der Waals surface area contributed by atoms with Crippen LogP contribution < -0.4 is 0 Å². The Kier molecular flexibility index (Phi) is 6.42. The average molecular weight is 393 g/mol. The number of nitrogens with zero attached hydrogens (tertiary/aromatic N) is 4. The fourth-order valence-corrected chi connectivity index (χ4v) is 4.31. The highest BCUT2D eigenvalue weighted by Gasteiger charge is 2.48. The maximum Gasteiger partial charge on any atom is 0.228 e. The topological polar surface area (TPSA) is 61.9 Å². The van der Waals surface area contributed by atoms with Crippen molar-refractivity contribution in [3.05, 3.63) is 42.9 Å². The lowest BCUT2D eigenvalue weighted by Crippen LogP contribution is -2.44. The van der Waals surface area contributed by atoms with Crippen LogP contribution in [0.5, 0.6) is 0 Å². The van der Waals surface area contributed by atoms with Gasteiger partial charge in [-0.2, -0.15) is 0 Å².